The molecule has 1 rings (SSSR count). The quantitative estimate of drug-likeness (QED) is 0.690. The lowest BCUT2D eigenvalue weighted by Crippen LogP contribution is -2.42. The van der Waals surface area contributed by atoms with Crippen molar-refractivity contribution in [3.05, 3.63) is 35.9 Å². The van der Waals surface area contributed by atoms with Crippen molar-refractivity contribution in [1.29, 1.82) is 0 Å². The Balaban J connectivity index is 2.76. The molecule has 0 spiro atoms. The zero-order valence-electron chi connectivity index (χ0n) is 11.4. The van der Waals surface area contributed by atoms with Crippen LogP contribution in [0.4, 0.5) is 0 Å². The van der Waals surface area contributed by atoms with Crippen LogP contribution in [0.15, 0.2) is 30.3 Å². The van der Waals surface area contributed by atoms with Crippen LogP contribution >= 0.6 is 0 Å². The number of nitrogens with one attached hydrogen (secondary N) is 1. The summed E-state index contributed by atoms with van der Waals surface area (Å²) < 4.78 is 47.9. The van der Waals surface area contributed by atoms with E-state index in [1.54, 1.807) is 30.3 Å². The fourth-order valence-electron chi connectivity index (χ4n) is 1.62. The second-order valence-electron chi connectivity index (χ2n) is 4.67. The molecule has 9 heteroatoms. The molecule has 1 aromatic carbocycles. The van der Waals surface area contributed by atoms with Gasteiger partial charge in [-0.15, -0.1) is 0 Å². The monoisotopic (exact) mass is 335 g/mol. The maximum Gasteiger partial charge on any atom is 0.321 e. The number of rotatable bonds is 8. The Morgan fingerprint density at radius 3 is 2.24 bits per heavy atom. The fraction of sp³-hybridized carbons (Fsp3) is 0.417. The number of carboxylic acids is 1. The summed E-state index contributed by atoms with van der Waals surface area (Å²) in [6.07, 6.45) is 0.645. The SMILES string of the molecule is CS(=O)(=O)CCC(NS(=O)(=O)Cc1ccccc1)C(=O)O. The van der Waals surface area contributed by atoms with Crippen LogP contribution in [0.3, 0.4) is 0 Å². The highest BCUT2D eigenvalue weighted by Crippen LogP contribution is 2.06. The van der Waals surface area contributed by atoms with E-state index in [1.165, 1.54) is 0 Å². The lowest BCUT2D eigenvalue weighted by molar-refractivity contribution is -0.139. The van der Waals surface area contributed by atoms with Gasteiger partial charge in [0.05, 0.1) is 11.5 Å². The largest absolute Gasteiger partial charge is 0.480 e. The van der Waals surface area contributed by atoms with E-state index in [0.29, 0.717) is 5.56 Å². The molecule has 21 heavy (non-hydrogen) atoms. The highest BCUT2D eigenvalue weighted by molar-refractivity contribution is 7.90. The minimum atomic E-state index is -3.87. The van der Waals surface area contributed by atoms with E-state index < -0.39 is 37.6 Å². The summed E-state index contributed by atoms with van der Waals surface area (Å²) in [4.78, 5) is 11.0. The van der Waals surface area contributed by atoms with Crippen LogP contribution in [-0.2, 0) is 30.4 Å². The first kappa shape index (κ1) is 17.6. The Kier molecular flexibility index (Phi) is 5.87. The second kappa shape index (κ2) is 7.01. The predicted molar refractivity (Wildman–Crippen MR) is 78.0 cm³/mol. The van der Waals surface area contributed by atoms with Crippen LogP contribution in [0.2, 0.25) is 0 Å². The van der Waals surface area contributed by atoms with Crippen LogP contribution in [0.5, 0.6) is 0 Å². The minimum Gasteiger partial charge on any atom is -0.480 e. The molecule has 0 saturated heterocycles. The topological polar surface area (TPSA) is 118 Å². The number of benzene rings is 1. The molecule has 0 aliphatic rings. The minimum absolute atomic E-state index is 0.317. The van der Waals surface area contributed by atoms with Gasteiger partial charge in [0.15, 0.2) is 0 Å². The van der Waals surface area contributed by atoms with E-state index in [0.717, 1.165) is 6.26 Å². The Bertz CT molecular complexity index is 682. The van der Waals surface area contributed by atoms with Crippen LogP contribution in [-0.4, -0.2) is 46.0 Å². The van der Waals surface area contributed by atoms with E-state index in [4.69, 9.17) is 5.11 Å². The molecule has 7 nitrogen and oxygen atoms in total. The van der Waals surface area contributed by atoms with Gasteiger partial charge in [0.25, 0.3) is 0 Å². The summed E-state index contributed by atoms with van der Waals surface area (Å²) >= 11 is 0. The van der Waals surface area contributed by atoms with E-state index in [1.807, 2.05) is 4.72 Å². The predicted octanol–water partition coefficient (Wildman–Crippen LogP) is -0.00610. The zero-order valence-corrected chi connectivity index (χ0v) is 13.0. The summed E-state index contributed by atoms with van der Waals surface area (Å²) in [6, 6.07) is 6.81. The molecule has 0 aliphatic carbocycles. The van der Waals surface area contributed by atoms with E-state index in [9.17, 15) is 21.6 Å². The van der Waals surface area contributed by atoms with Crippen molar-refractivity contribution in [2.24, 2.45) is 0 Å². The van der Waals surface area contributed by atoms with Gasteiger partial charge in [-0.05, 0) is 12.0 Å². The van der Waals surface area contributed by atoms with Gasteiger partial charge < -0.3 is 5.11 Å². The maximum absolute atomic E-state index is 11.9. The van der Waals surface area contributed by atoms with Crippen molar-refractivity contribution in [1.82, 2.24) is 4.72 Å². The zero-order chi connectivity index (χ0) is 16.1. The molecule has 0 radical (unpaired) electrons. The number of sulfone groups is 1. The lowest BCUT2D eigenvalue weighted by atomic mass is 10.2. The molecule has 0 aliphatic heterocycles. The van der Waals surface area contributed by atoms with E-state index >= 15 is 0 Å². The number of carboxylic acid groups (broad SMARTS) is 1. The number of hydrogen-bond acceptors (Lipinski definition) is 5. The third-order valence-electron chi connectivity index (χ3n) is 2.60. The number of aliphatic carboxylic acids is 1. The summed E-state index contributed by atoms with van der Waals surface area (Å²) in [5.74, 6) is -2.18. The number of carbonyl (C=O) groups is 1. The Hall–Kier alpha value is -1.45. The molecule has 1 unspecified atom stereocenters. The Morgan fingerprint density at radius 1 is 1.19 bits per heavy atom. The standard InChI is InChI=1S/C12H17NO6S2/c1-20(16,17)8-7-11(12(14)15)13-21(18,19)9-10-5-3-2-4-6-10/h2-6,11,13H,7-9H2,1H3,(H,14,15). The first-order valence-electron chi connectivity index (χ1n) is 6.03. The molecule has 0 heterocycles. The summed E-state index contributed by atoms with van der Waals surface area (Å²) in [6.45, 7) is 0. The smallest absolute Gasteiger partial charge is 0.321 e. The third kappa shape index (κ3) is 7.21. The molecular weight excluding hydrogens is 318 g/mol. The van der Waals surface area contributed by atoms with Crippen molar-refractivity contribution >= 4 is 25.8 Å². The molecule has 0 saturated carbocycles. The van der Waals surface area contributed by atoms with Gasteiger partial charge in [0.2, 0.25) is 10.0 Å². The molecule has 0 fully saturated rings. The average molecular weight is 335 g/mol. The van der Waals surface area contributed by atoms with Crippen LogP contribution < -0.4 is 4.72 Å². The van der Waals surface area contributed by atoms with Gasteiger partial charge in [-0.3, -0.25) is 4.79 Å². The van der Waals surface area contributed by atoms with Gasteiger partial charge in [0.1, 0.15) is 15.9 Å². The molecule has 1 atom stereocenters. The second-order valence-corrected chi connectivity index (χ2v) is 8.69. The van der Waals surface area contributed by atoms with Crippen LogP contribution in [0, 0.1) is 0 Å². The first-order valence-corrected chi connectivity index (χ1v) is 9.75. The van der Waals surface area contributed by atoms with Crippen LogP contribution in [0.1, 0.15) is 12.0 Å². The molecule has 0 aromatic heterocycles. The first-order chi connectivity index (χ1) is 9.59. The lowest BCUT2D eigenvalue weighted by Gasteiger charge is -2.14. The molecular formula is C12H17NO6S2. The highest BCUT2D eigenvalue weighted by Gasteiger charge is 2.25. The summed E-state index contributed by atoms with van der Waals surface area (Å²) in [5, 5.41) is 8.98. The van der Waals surface area contributed by atoms with Gasteiger partial charge in [-0.25, -0.2) is 21.6 Å². The molecule has 2 N–H and O–H groups in total. The van der Waals surface area contributed by atoms with Crippen molar-refractivity contribution in [3.8, 4) is 0 Å². The highest BCUT2D eigenvalue weighted by atomic mass is 32.2. The van der Waals surface area contributed by atoms with Gasteiger partial charge >= 0.3 is 5.97 Å². The summed E-state index contributed by atoms with van der Waals surface area (Å²) in [7, 11) is -7.24. The average Bonchev–Trinajstić information content (AvgIpc) is 2.33. The Morgan fingerprint density at radius 2 is 1.76 bits per heavy atom. The third-order valence-corrected chi connectivity index (χ3v) is 4.93. The van der Waals surface area contributed by atoms with Crippen molar-refractivity contribution in [2.75, 3.05) is 12.0 Å². The molecule has 0 bridgehead atoms. The number of sulfonamides is 1. The fourth-order valence-corrected chi connectivity index (χ4v) is 3.65. The van der Waals surface area contributed by atoms with Gasteiger partial charge in [-0.2, -0.15) is 0 Å². The van der Waals surface area contributed by atoms with Crippen molar-refractivity contribution in [3.63, 3.8) is 0 Å². The molecule has 1 aromatic rings. The van der Waals surface area contributed by atoms with Gasteiger partial charge in [0, 0.05) is 6.26 Å². The van der Waals surface area contributed by atoms with E-state index in [2.05, 4.69) is 0 Å². The summed E-state index contributed by atoms with van der Waals surface area (Å²) in [5.41, 5.74) is 0.511. The molecule has 0 amide bonds. The Labute approximate surface area is 124 Å². The maximum atomic E-state index is 11.9. The van der Waals surface area contributed by atoms with Gasteiger partial charge in [-0.1, -0.05) is 30.3 Å². The van der Waals surface area contributed by atoms with Crippen molar-refractivity contribution < 1.29 is 26.7 Å². The van der Waals surface area contributed by atoms with Crippen LogP contribution in [0.25, 0.3) is 0 Å². The number of hydrogen-bond donors (Lipinski definition) is 2. The van der Waals surface area contributed by atoms with Crippen molar-refractivity contribution in [2.45, 2.75) is 18.2 Å². The normalized spacial score (nSPS) is 13.8. The van der Waals surface area contributed by atoms with E-state index in [-0.39, 0.29) is 12.2 Å². The molecule has 118 valence electrons.